The number of hydrogen-bond acceptors (Lipinski definition) is 4. The number of hydrogen-bond donors (Lipinski definition) is 2. The van der Waals surface area contributed by atoms with Crippen LogP contribution in [0.2, 0.25) is 0 Å². The van der Waals surface area contributed by atoms with Crippen molar-refractivity contribution in [1.82, 2.24) is 20.1 Å². The summed E-state index contributed by atoms with van der Waals surface area (Å²) in [5.41, 5.74) is -0.0309. The van der Waals surface area contributed by atoms with Crippen molar-refractivity contribution >= 4 is 11.7 Å². The molecular weight excluding hydrogens is 261 g/mol. The van der Waals surface area contributed by atoms with Crippen molar-refractivity contribution in [1.29, 1.82) is 0 Å². The van der Waals surface area contributed by atoms with Crippen LogP contribution in [0.5, 0.6) is 0 Å². The van der Waals surface area contributed by atoms with Crippen molar-refractivity contribution in [2.45, 2.75) is 19.5 Å². The maximum Gasteiger partial charge on any atom is 0.254 e. The van der Waals surface area contributed by atoms with Gasteiger partial charge in [-0.05, 0) is 19.1 Å². The second kappa shape index (κ2) is 6.14. The molecule has 6 nitrogen and oxygen atoms in total. The number of anilines is 1. The highest BCUT2D eigenvalue weighted by Crippen LogP contribution is 2.14. The zero-order valence-electron chi connectivity index (χ0n) is 11.3. The van der Waals surface area contributed by atoms with E-state index < -0.39 is 11.7 Å². The fourth-order valence-electron chi connectivity index (χ4n) is 1.83. The Labute approximate surface area is 116 Å². The number of nitrogens with one attached hydrogen (secondary N) is 2. The van der Waals surface area contributed by atoms with E-state index in [1.54, 1.807) is 30.2 Å². The molecule has 0 saturated carbocycles. The highest BCUT2D eigenvalue weighted by molar-refractivity contribution is 5.95. The Morgan fingerprint density at radius 3 is 2.95 bits per heavy atom. The third kappa shape index (κ3) is 3.11. The van der Waals surface area contributed by atoms with Crippen LogP contribution in [0.4, 0.5) is 10.2 Å². The lowest BCUT2D eigenvalue weighted by molar-refractivity contribution is 0.0932. The number of amides is 1. The summed E-state index contributed by atoms with van der Waals surface area (Å²) in [5.74, 6) is -1.07. The van der Waals surface area contributed by atoms with Crippen molar-refractivity contribution in [3.05, 3.63) is 42.1 Å². The number of nitrogens with zero attached hydrogens (tertiary/aromatic N) is 3. The third-order valence-corrected chi connectivity index (χ3v) is 2.77. The van der Waals surface area contributed by atoms with Gasteiger partial charge in [-0.2, -0.15) is 5.10 Å². The van der Waals surface area contributed by atoms with E-state index in [0.717, 1.165) is 0 Å². The first-order valence-electron chi connectivity index (χ1n) is 6.22. The lowest BCUT2D eigenvalue weighted by Crippen LogP contribution is -2.36. The minimum atomic E-state index is -0.654. The van der Waals surface area contributed by atoms with Gasteiger partial charge in [0, 0.05) is 31.7 Å². The number of carbonyl (C=O) groups is 1. The van der Waals surface area contributed by atoms with Crippen LogP contribution in [0, 0.1) is 5.82 Å². The highest BCUT2D eigenvalue weighted by Gasteiger charge is 2.17. The van der Waals surface area contributed by atoms with E-state index in [0.29, 0.717) is 6.54 Å². The molecule has 2 N–H and O–H groups in total. The second-order valence-electron chi connectivity index (χ2n) is 4.37. The summed E-state index contributed by atoms with van der Waals surface area (Å²) in [6, 6.07) is 2.98. The van der Waals surface area contributed by atoms with E-state index in [9.17, 15) is 9.18 Å². The van der Waals surface area contributed by atoms with Crippen molar-refractivity contribution in [3.63, 3.8) is 0 Å². The molecule has 106 valence electrons. The van der Waals surface area contributed by atoms with Crippen molar-refractivity contribution in [3.8, 4) is 0 Å². The van der Waals surface area contributed by atoms with Gasteiger partial charge in [0.05, 0.1) is 12.1 Å². The smallest absolute Gasteiger partial charge is 0.254 e. The maximum absolute atomic E-state index is 13.9. The maximum atomic E-state index is 13.9. The molecule has 0 aromatic carbocycles. The molecule has 2 aromatic heterocycles. The van der Waals surface area contributed by atoms with Gasteiger partial charge in [0.15, 0.2) is 11.6 Å². The molecule has 0 aliphatic rings. The lowest BCUT2D eigenvalue weighted by Gasteiger charge is -2.14. The van der Waals surface area contributed by atoms with Gasteiger partial charge >= 0.3 is 0 Å². The molecule has 20 heavy (non-hydrogen) atoms. The van der Waals surface area contributed by atoms with E-state index in [1.165, 1.54) is 12.3 Å². The molecule has 0 aliphatic carbocycles. The summed E-state index contributed by atoms with van der Waals surface area (Å²) in [6.07, 6.45) is 4.85. The molecule has 2 rings (SSSR count). The molecule has 7 heteroatoms. The summed E-state index contributed by atoms with van der Waals surface area (Å²) in [6.45, 7) is 2.35. The van der Waals surface area contributed by atoms with Gasteiger partial charge in [0.25, 0.3) is 5.91 Å². The first-order chi connectivity index (χ1) is 9.61. The van der Waals surface area contributed by atoms with Gasteiger partial charge < -0.3 is 10.6 Å². The lowest BCUT2D eigenvalue weighted by atomic mass is 10.2. The topological polar surface area (TPSA) is 71.8 Å². The molecule has 0 bridgehead atoms. The summed E-state index contributed by atoms with van der Waals surface area (Å²) >= 11 is 0. The normalized spacial score (nSPS) is 11.9. The van der Waals surface area contributed by atoms with Crippen LogP contribution >= 0.6 is 0 Å². The van der Waals surface area contributed by atoms with Crippen LogP contribution in [-0.2, 0) is 6.54 Å². The fraction of sp³-hybridized carbons (Fsp3) is 0.308. The first-order valence-corrected chi connectivity index (χ1v) is 6.22. The van der Waals surface area contributed by atoms with Gasteiger partial charge in [-0.3, -0.25) is 9.48 Å². The van der Waals surface area contributed by atoms with E-state index in [4.69, 9.17) is 0 Å². The highest BCUT2D eigenvalue weighted by atomic mass is 19.1. The predicted octanol–water partition coefficient (Wildman–Crippen LogP) is 1.28. The molecule has 0 spiro atoms. The molecule has 0 saturated heterocycles. The molecule has 2 heterocycles. The Morgan fingerprint density at radius 2 is 2.30 bits per heavy atom. The summed E-state index contributed by atoms with van der Waals surface area (Å²) in [4.78, 5) is 15.8. The van der Waals surface area contributed by atoms with Gasteiger partial charge in [0.1, 0.15) is 0 Å². The molecule has 0 aliphatic heterocycles. The van der Waals surface area contributed by atoms with Crippen LogP contribution in [0.25, 0.3) is 0 Å². The number of rotatable bonds is 5. The van der Waals surface area contributed by atoms with E-state index in [1.807, 2.05) is 6.92 Å². The van der Waals surface area contributed by atoms with Gasteiger partial charge in [-0.25, -0.2) is 9.37 Å². The Balaban J connectivity index is 2.04. The van der Waals surface area contributed by atoms with E-state index in [2.05, 4.69) is 20.7 Å². The first kappa shape index (κ1) is 14.0. The molecule has 0 fully saturated rings. The minimum absolute atomic E-state index is 0.0309. The van der Waals surface area contributed by atoms with Crippen LogP contribution in [0.3, 0.4) is 0 Å². The van der Waals surface area contributed by atoms with Crippen LogP contribution < -0.4 is 10.6 Å². The summed E-state index contributed by atoms with van der Waals surface area (Å²) in [5, 5.41) is 9.38. The Hall–Kier alpha value is -2.44. The molecule has 1 unspecified atom stereocenters. The standard InChI is InChI=1S/C13H16FN5O/c1-9(8-19-7-3-5-17-19)18-13(20)10-4-6-16-12(15-2)11(10)14/h3-7,9H,8H2,1-2H3,(H,15,16)(H,18,20). The van der Waals surface area contributed by atoms with Crippen LogP contribution in [0.15, 0.2) is 30.7 Å². The number of aromatic nitrogens is 3. The second-order valence-corrected chi connectivity index (χ2v) is 4.37. The third-order valence-electron chi connectivity index (χ3n) is 2.77. The number of carbonyl (C=O) groups excluding carboxylic acids is 1. The minimum Gasteiger partial charge on any atom is -0.371 e. The fourth-order valence-corrected chi connectivity index (χ4v) is 1.83. The van der Waals surface area contributed by atoms with Crippen LogP contribution in [0.1, 0.15) is 17.3 Å². The summed E-state index contributed by atoms with van der Waals surface area (Å²) < 4.78 is 15.6. The Kier molecular flexibility index (Phi) is 4.29. The SMILES string of the molecule is CNc1nccc(C(=O)NC(C)Cn2cccn2)c1F. The summed E-state index contributed by atoms with van der Waals surface area (Å²) in [7, 11) is 1.55. The van der Waals surface area contributed by atoms with Gasteiger partial charge in [-0.1, -0.05) is 0 Å². The monoisotopic (exact) mass is 277 g/mol. The van der Waals surface area contributed by atoms with Crippen LogP contribution in [-0.4, -0.2) is 33.8 Å². The van der Waals surface area contributed by atoms with Crippen molar-refractivity contribution in [2.75, 3.05) is 12.4 Å². The number of pyridine rings is 1. The zero-order chi connectivity index (χ0) is 14.5. The predicted molar refractivity (Wildman–Crippen MR) is 72.9 cm³/mol. The Morgan fingerprint density at radius 1 is 1.50 bits per heavy atom. The van der Waals surface area contributed by atoms with Crippen molar-refractivity contribution < 1.29 is 9.18 Å². The van der Waals surface area contributed by atoms with Gasteiger partial charge in [0.2, 0.25) is 0 Å². The quantitative estimate of drug-likeness (QED) is 0.863. The molecule has 0 radical (unpaired) electrons. The van der Waals surface area contributed by atoms with E-state index >= 15 is 0 Å². The molecule has 1 atom stereocenters. The molecule has 2 aromatic rings. The Bertz CT molecular complexity index is 584. The largest absolute Gasteiger partial charge is 0.371 e. The van der Waals surface area contributed by atoms with Gasteiger partial charge in [-0.15, -0.1) is 0 Å². The van der Waals surface area contributed by atoms with E-state index in [-0.39, 0.29) is 17.4 Å². The number of halogens is 1. The average Bonchev–Trinajstić information content (AvgIpc) is 2.91. The molecular formula is C13H16FN5O. The molecule has 1 amide bonds. The zero-order valence-corrected chi connectivity index (χ0v) is 11.3. The average molecular weight is 277 g/mol. The van der Waals surface area contributed by atoms with Crippen molar-refractivity contribution in [2.24, 2.45) is 0 Å².